The summed E-state index contributed by atoms with van der Waals surface area (Å²) in [6, 6.07) is 12.5. The highest BCUT2D eigenvalue weighted by atomic mass is 32.2. The molecule has 0 saturated carbocycles. The average molecular weight is 309 g/mol. The maximum atomic E-state index is 4.93. The molecule has 1 unspecified atom stereocenters. The lowest BCUT2D eigenvalue weighted by Crippen LogP contribution is -2.10. The first-order valence-electron chi connectivity index (χ1n) is 7.85. The molecule has 1 aromatic carbocycles. The van der Waals surface area contributed by atoms with Gasteiger partial charge in [-0.2, -0.15) is 11.8 Å². The summed E-state index contributed by atoms with van der Waals surface area (Å²) < 4.78 is 2.27. The summed E-state index contributed by atoms with van der Waals surface area (Å²) in [4.78, 5) is 9.54. The van der Waals surface area contributed by atoms with Crippen molar-refractivity contribution in [2.45, 2.75) is 31.4 Å². The summed E-state index contributed by atoms with van der Waals surface area (Å²) >= 11 is 2.04. The molecular weight excluding hydrogens is 290 g/mol. The Labute approximate surface area is 134 Å². The lowest BCUT2D eigenvalue weighted by atomic mass is 10.1. The second-order valence-corrected chi connectivity index (χ2v) is 7.10. The topological polar surface area (TPSA) is 30.7 Å². The van der Waals surface area contributed by atoms with E-state index in [2.05, 4.69) is 46.8 Å². The smallest absolute Gasteiger partial charge is 0.164 e. The molecule has 4 rings (SSSR count). The number of hydrogen-bond donors (Lipinski definition) is 0. The van der Waals surface area contributed by atoms with Gasteiger partial charge in [0.05, 0.1) is 10.9 Å². The molecule has 0 bridgehead atoms. The van der Waals surface area contributed by atoms with Crippen molar-refractivity contribution in [3.8, 4) is 5.69 Å². The van der Waals surface area contributed by atoms with Crippen LogP contribution in [-0.2, 0) is 0 Å². The summed E-state index contributed by atoms with van der Waals surface area (Å²) in [6.45, 7) is 2.15. The van der Waals surface area contributed by atoms with E-state index in [0.29, 0.717) is 5.25 Å². The zero-order valence-corrected chi connectivity index (χ0v) is 13.5. The van der Waals surface area contributed by atoms with Crippen LogP contribution in [0.15, 0.2) is 42.6 Å². The van der Waals surface area contributed by atoms with Crippen LogP contribution in [0.3, 0.4) is 0 Å². The van der Waals surface area contributed by atoms with Gasteiger partial charge in [0, 0.05) is 6.20 Å². The number of imidazole rings is 1. The molecule has 1 fully saturated rings. The molecule has 3 nitrogen and oxygen atoms in total. The number of fused-ring (bicyclic) bond motifs is 1. The van der Waals surface area contributed by atoms with E-state index in [-0.39, 0.29) is 0 Å². The van der Waals surface area contributed by atoms with Gasteiger partial charge in [0.2, 0.25) is 0 Å². The van der Waals surface area contributed by atoms with Gasteiger partial charge in [-0.3, -0.25) is 4.57 Å². The predicted octanol–water partition coefficient (Wildman–Crippen LogP) is 4.69. The van der Waals surface area contributed by atoms with Crippen molar-refractivity contribution in [1.29, 1.82) is 0 Å². The molecule has 1 atom stereocenters. The van der Waals surface area contributed by atoms with E-state index < -0.39 is 0 Å². The van der Waals surface area contributed by atoms with E-state index >= 15 is 0 Å². The minimum atomic E-state index is 0.475. The molecule has 0 aliphatic carbocycles. The van der Waals surface area contributed by atoms with E-state index in [1.807, 2.05) is 24.0 Å². The van der Waals surface area contributed by atoms with Crippen LogP contribution in [0.1, 0.15) is 35.9 Å². The first-order valence-corrected chi connectivity index (χ1v) is 8.90. The normalized spacial score (nSPS) is 18.7. The third kappa shape index (κ3) is 2.31. The van der Waals surface area contributed by atoms with Gasteiger partial charge in [-0.1, -0.05) is 24.6 Å². The first kappa shape index (κ1) is 13.8. The maximum Gasteiger partial charge on any atom is 0.164 e. The number of hydrogen-bond acceptors (Lipinski definition) is 3. The summed E-state index contributed by atoms with van der Waals surface area (Å²) in [6.07, 6.45) is 5.68. The van der Waals surface area contributed by atoms with Crippen LogP contribution in [0.25, 0.3) is 16.9 Å². The standard InChI is InChI=1S/C18H19N3S/c1-13-7-2-3-9-15(13)21-17-14(8-6-11-19-17)20-18(21)16-10-4-5-12-22-16/h2-3,6-9,11,16H,4-5,10,12H2,1H3. The van der Waals surface area contributed by atoms with Crippen LogP contribution in [0, 0.1) is 6.92 Å². The highest BCUT2D eigenvalue weighted by Gasteiger charge is 2.24. The molecule has 0 radical (unpaired) electrons. The van der Waals surface area contributed by atoms with Gasteiger partial charge >= 0.3 is 0 Å². The lowest BCUT2D eigenvalue weighted by Gasteiger charge is -2.22. The van der Waals surface area contributed by atoms with E-state index in [1.54, 1.807) is 0 Å². The monoisotopic (exact) mass is 309 g/mol. The second kappa shape index (κ2) is 5.76. The number of para-hydroxylation sites is 1. The third-order valence-corrected chi connectivity index (χ3v) is 5.64. The molecule has 1 aliphatic rings. The zero-order valence-electron chi connectivity index (χ0n) is 12.7. The van der Waals surface area contributed by atoms with E-state index in [4.69, 9.17) is 4.98 Å². The predicted molar refractivity (Wildman–Crippen MR) is 92.7 cm³/mol. The molecule has 1 saturated heterocycles. The van der Waals surface area contributed by atoms with Crippen LogP contribution in [-0.4, -0.2) is 20.3 Å². The fourth-order valence-electron chi connectivity index (χ4n) is 3.14. The molecule has 0 N–H and O–H groups in total. The van der Waals surface area contributed by atoms with Crippen molar-refractivity contribution in [2.24, 2.45) is 0 Å². The number of nitrogens with zero attached hydrogens (tertiary/aromatic N) is 3. The highest BCUT2D eigenvalue weighted by Crippen LogP contribution is 2.40. The Morgan fingerprint density at radius 3 is 2.86 bits per heavy atom. The Kier molecular flexibility index (Phi) is 3.62. The van der Waals surface area contributed by atoms with Gasteiger partial charge in [0.15, 0.2) is 5.65 Å². The number of pyridine rings is 1. The molecule has 0 amide bonds. The Hall–Kier alpha value is -1.81. The quantitative estimate of drug-likeness (QED) is 0.688. The molecule has 1 aliphatic heterocycles. The fourth-order valence-corrected chi connectivity index (χ4v) is 4.44. The molecule has 3 aromatic rings. The van der Waals surface area contributed by atoms with Crippen LogP contribution in [0.5, 0.6) is 0 Å². The molecule has 2 aromatic heterocycles. The van der Waals surface area contributed by atoms with Crippen molar-refractivity contribution in [3.63, 3.8) is 0 Å². The van der Waals surface area contributed by atoms with Crippen molar-refractivity contribution in [1.82, 2.24) is 14.5 Å². The highest BCUT2D eigenvalue weighted by molar-refractivity contribution is 7.99. The fraction of sp³-hybridized carbons (Fsp3) is 0.333. The van der Waals surface area contributed by atoms with Gasteiger partial charge in [0.25, 0.3) is 0 Å². The molecule has 0 spiro atoms. The van der Waals surface area contributed by atoms with Crippen LogP contribution < -0.4 is 0 Å². The van der Waals surface area contributed by atoms with E-state index in [9.17, 15) is 0 Å². The molecule has 3 heterocycles. The summed E-state index contributed by atoms with van der Waals surface area (Å²) in [5.41, 5.74) is 4.42. The Balaban J connectivity index is 1.96. The number of benzene rings is 1. The van der Waals surface area contributed by atoms with Gasteiger partial charge in [-0.15, -0.1) is 0 Å². The molecule has 22 heavy (non-hydrogen) atoms. The number of thioether (sulfide) groups is 1. The second-order valence-electron chi connectivity index (χ2n) is 5.79. The Bertz CT molecular complexity index is 803. The van der Waals surface area contributed by atoms with Crippen LogP contribution in [0.4, 0.5) is 0 Å². The third-order valence-electron chi connectivity index (χ3n) is 4.27. The summed E-state index contributed by atoms with van der Waals surface area (Å²) in [5, 5.41) is 0.475. The largest absolute Gasteiger partial charge is 0.280 e. The van der Waals surface area contributed by atoms with Crippen molar-refractivity contribution in [2.75, 3.05) is 5.75 Å². The van der Waals surface area contributed by atoms with Crippen LogP contribution in [0.2, 0.25) is 0 Å². The van der Waals surface area contributed by atoms with Crippen molar-refractivity contribution in [3.05, 3.63) is 54.0 Å². The van der Waals surface area contributed by atoms with Crippen molar-refractivity contribution < 1.29 is 0 Å². The van der Waals surface area contributed by atoms with E-state index in [1.165, 1.54) is 36.3 Å². The first-order chi connectivity index (χ1) is 10.8. The summed E-state index contributed by atoms with van der Waals surface area (Å²) in [5.74, 6) is 2.39. The molecule has 4 heteroatoms. The zero-order chi connectivity index (χ0) is 14.9. The number of aromatic nitrogens is 3. The minimum Gasteiger partial charge on any atom is -0.280 e. The number of aryl methyl sites for hydroxylation is 1. The molecule has 112 valence electrons. The minimum absolute atomic E-state index is 0.475. The van der Waals surface area contributed by atoms with Gasteiger partial charge in [-0.05, 0) is 49.3 Å². The average Bonchev–Trinajstić information content (AvgIpc) is 2.95. The van der Waals surface area contributed by atoms with Crippen molar-refractivity contribution >= 4 is 22.9 Å². The molecular formula is C18H19N3S. The van der Waals surface area contributed by atoms with Gasteiger partial charge in [-0.25, -0.2) is 9.97 Å². The van der Waals surface area contributed by atoms with E-state index in [0.717, 1.165) is 17.0 Å². The summed E-state index contributed by atoms with van der Waals surface area (Å²) in [7, 11) is 0. The SMILES string of the molecule is Cc1ccccc1-n1c(C2CCCCS2)nc2cccnc21. The van der Waals surface area contributed by atoms with Gasteiger partial charge in [0.1, 0.15) is 11.3 Å². The Morgan fingerprint density at radius 2 is 2.05 bits per heavy atom. The lowest BCUT2D eigenvalue weighted by molar-refractivity contribution is 0.657. The Morgan fingerprint density at radius 1 is 1.14 bits per heavy atom. The van der Waals surface area contributed by atoms with Crippen LogP contribution >= 0.6 is 11.8 Å². The number of rotatable bonds is 2. The van der Waals surface area contributed by atoms with Gasteiger partial charge < -0.3 is 0 Å². The maximum absolute atomic E-state index is 4.93.